The van der Waals surface area contributed by atoms with Gasteiger partial charge < -0.3 is 10.5 Å². The minimum absolute atomic E-state index is 0.0519. The van der Waals surface area contributed by atoms with Crippen LogP contribution >= 0.6 is 27.3 Å². The number of nitrogens with zero attached hydrogens (tertiary/aromatic N) is 1. The van der Waals surface area contributed by atoms with Gasteiger partial charge in [0.25, 0.3) is 0 Å². The Balaban J connectivity index is 2.01. The van der Waals surface area contributed by atoms with E-state index in [-0.39, 0.29) is 17.8 Å². The van der Waals surface area contributed by atoms with E-state index in [1.54, 1.807) is 6.92 Å². The van der Waals surface area contributed by atoms with E-state index in [1.165, 1.54) is 11.3 Å². The van der Waals surface area contributed by atoms with Gasteiger partial charge in [0.05, 0.1) is 21.9 Å². The van der Waals surface area contributed by atoms with Gasteiger partial charge in [-0.25, -0.2) is 4.79 Å². The van der Waals surface area contributed by atoms with E-state index in [4.69, 9.17) is 10.5 Å². The third kappa shape index (κ3) is 3.96. The van der Waals surface area contributed by atoms with Crippen LogP contribution in [0.25, 0.3) is 0 Å². The Bertz CT molecular complexity index is 1100. The van der Waals surface area contributed by atoms with Crippen molar-refractivity contribution in [3.8, 4) is 0 Å². The summed E-state index contributed by atoms with van der Waals surface area (Å²) in [5.41, 5.74) is 9.18. The van der Waals surface area contributed by atoms with Crippen LogP contribution in [0.4, 0.5) is 5.69 Å². The lowest BCUT2D eigenvalue weighted by molar-refractivity contribution is -0.138. The maximum Gasteiger partial charge on any atom is 0.338 e. The van der Waals surface area contributed by atoms with Crippen LogP contribution in [0.3, 0.4) is 0 Å². The molecule has 1 aromatic heterocycles. The summed E-state index contributed by atoms with van der Waals surface area (Å²) in [4.78, 5) is 29.5. The van der Waals surface area contributed by atoms with Gasteiger partial charge in [-0.3, -0.25) is 9.69 Å². The average Bonchev–Trinajstić information content (AvgIpc) is 3.13. The van der Waals surface area contributed by atoms with Crippen molar-refractivity contribution in [2.75, 3.05) is 11.5 Å². The van der Waals surface area contributed by atoms with Gasteiger partial charge in [-0.2, -0.15) is 0 Å². The number of carbonyl (C=O) groups excluding carboxylic acids is 2. The first-order valence-electron chi connectivity index (χ1n) is 10.3. The number of hydrogen-bond donors (Lipinski definition) is 1. The Morgan fingerprint density at radius 2 is 1.94 bits per heavy atom. The Labute approximate surface area is 194 Å². The molecule has 1 atom stereocenters. The number of hydrogen-bond acceptors (Lipinski definition) is 6. The average molecular weight is 501 g/mol. The second kappa shape index (κ2) is 8.28. The fourth-order valence-electron chi connectivity index (χ4n) is 4.46. The Morgan fingerprint density at radius 1 is 1.23 bits per heavy atom. The highest BCUT2D eigenvalue weighted by Gasteiger charge is 2.47. The second-order valence-electron chi connectivity index (χ2n) is 8.57. The highest BCUT2D eigenvalue weighted by Crippen LogP contribution is 2.51. The molecule has 0 unspecified atom stereocenters. The van der Waals surface area contributed by atoms with Crippen LogP contribution in [0, 0.1) is 5.41 Å². The molecule has 0 radical (unpaired) electrons. The lowest BCUT2D eigenvalue weighted by Crippen LogP contribution is -2.43. The fourth-order valence-corrected chi connectivity index (χ4v) is 6.00. The number of allylic oxidation sites excluding steroid dienone is 2. The quantitative estimate of drug-likeness (QED) is 0.561. The first-order chi connectivity index (χ1) is 14.7. The second-order valence-corrected chi connectivity index (χ2v) is 11.1. The molecule has 0 bridgehead atoms. The fraction of sp³-hybridized carbons (Fsp3) is 0.333. The molecule has 2 heterocycles. The van der Waals surface area contributed by atoms with Gasteiger partial charge in [0.2, 0.25) is 0 Å². The highest BCUT2D eigenvalue weighted by atomic mass is 79.9. The topological polar surface area (TPSA) is 72.6 Å². The summed E-state index contributed by atoms with van der Waals surface area (Å²) in [6.07, 6.45) is 1.11. The first-order valence-corrected chi connectivity index (χ1v) is 11.9. The number of carbonyl (C=O) groups is 2. The van der Waals surface area contributed by atoms with Crippen molar-refractivity contribution < 1.29 is 14.3 Å². The van der Waals surface area contributed by atoms with E-state index < -0.39 is 11.9 Å². The van der Waals surface area contributed by atoms with Crippen LogP contribution in [0.15, 0.2) is 68.9 Å². The van der Waals surface area contributed by atoms with Gasteiger partial charge in [-0.05, 0) is 59.0 Å². The summed E-state index contributed by atoms with van der Waals surface area (Å²) in [6.45, 7) is 6.18. The van der Waals surface area contributed by atoms with Crippen molar-refractivity contribution in [3.05, 3.63) is 73.8 Å². The minimum Gasteiger partial charge on any atom is -0.463 e. The zero-order valence-corrected chi connectivity index (χ0v) is 20.2. The van der Waals surface area contributed by atoms with Crippen molar-refractivity contribution in [3.63, 3.8) is 0 Å². The summed E-state index contributed by atoms with van der Waals surface area (Å²) in [5.74, 6) is -0.645. The third-order valence-electron chi connectivity index (χ3n) is 5.65. The number of anilines is 1. The number of Topliss-reactive ketones (excluding diaryl/α,β-unsaturated/α-hetero) is 1. The van der Waals surface area contributed by atoms with Crippen LogP contribution in [0.2, 0.25) is 0 Å². The Hall–Kier alpha value is -2.38. The van der Waals surface area contributed by atoms with Gasteiger partial charge in [0.15, 0.2) is 5.78 Å². The van der Waals surface area contributed by atoms with E-state index in [1.807, 2.05) is 47.4 Å². The smallest absolute Gasteiger partial charge is 0.338 e. The van der Waals surface area contributed by atoms with Crippen molar-refractivity contribution in [2.24, 2.45) is 11.1 Å². The molecule has 1 aliphatic heterocycles. The minimum atomic E-state index is -0.533. The molecule has 0 spiro atoms. The molecule has 1 aromatic carbocycles. The normalized spacial score (nSPS) is 20.7. The van der Waals surface area contributed by atoms with E-state index in [9.17, 15) is 9.59 Å². The number of halogens is 1. The van der Waals surface area contributed by atoms with Gasteiger partial charge in [0, 0.05) is 28.3 Å². The molecule has 0 saturated heterocycles. The molecule has 0 amide bonds. The van der Waals surface area contributed by atoms with E-state index >= 15 is 0 Å². The van der Waals surface area contributed by atoms with Crippen LogP contribution < -0.4 is 10.6 Å². The van der Waals surface area contributed by atoms with E-state index in [0.717, 1.165) is 20.0 Å². The molecule has 2 N–H and O–H groups in total. The summed E-state index contributed by atoms with van der Waals surface area (Å²) in [5, 5.41) is 0. The van der Waals surface area contributed by atoms with E-state index in [0.29, 0.717) is 29.8 Å². The summed E-state index contributed by atoms with van der Waals surface area (Å²) >= 11 is 5.02. The standard InChI is InChI=1S/C24H25BrN2O3S/c1-4-30-23(29)21-20(17-10-11-18(25)31-17)19-15(12-24(2,3)13-16(19)28)27(22(21)26)14-8-6-5-7-9-14/h5-11,20H,4,12-13,26H2,1-3H3/t20-/m0/s1. The van der Waals surface area contributed by atoms with Crippen LogP contribution in [0.5, 0.6) is 0 Å². The number of benzene rings is 1. The molecular formula is C24H25BrN2O3S. The van der Waals surface area contributed by atoms with Crippen LogP contribution in [0.1, 0.15) is 44.4 Å². The number of ether oxygens (including phenoxy) is 1. The van der Waals surface area contributed by atoms with Crippen molar-refractivity contribution in [2.45, 2.75) is 39.5 Å². The molecule has 2 aromatic rings. The molecule has 1 aliphatic carbocycles. The van der Waals surface area contributed by atoms with Gasteiger partial charge in [-0.1, -0.05) is 32.0 Å². The molecule has 7 heteroatoms. The van der Waals surface area contributed by atoms with Crippen molar-refractivity contribution >= 4 is 44.7 Å². The third-order valence-corrected chi connectivity index (χ3v) is 7.34. The highest BCUT2D eigenvalue weighted by molar-refractivity contribution is 9.11. The monoisotopic (exact) mass is 500 g/mol. The number of ketones is 1. The summed E-state index contributed by atoms with van der Waals surface area (Å²) in [6, 6.07) is 13.5. The zero-order valence-electron chi connectivity index (χ0n) is 17.8. The maximum atomic E-state index is 13.5. The van der Waals surface area contributed by atoms with Crippen molar-refractivity contribution in [1.29, 1.82) is 0 Å². The molecule has 0 saturated carbocycles. The van der Waals surface area contributed by atoms with Gasteiger partial charge in [-0.15, -0.1) is 11.3 Å². The number of thiophene rings is 1. The Morgan fingerprint density at radius 3 is 2.55 bits per heavy atom. The molecule has 0 fully saturated rings. The number of rotatable bonds is 4. The Kier molecular flexibility index (Phi) is 5.83. The van der Waals surface area contributed by atoms with Crippen LogP contribution in [-0.4, -0.2) is 18.4 Å². The first kappa shape index (κ1) is 21.8. The predicted molar refractivity (Wildman–Crippen MR) is 127 cm³/mol. The molecule has 4 rings (SSSR count). The van der Waals surface area contributed by atoms with Gasteiger partial charge in [0.1, 0.15) is 5.82 Å². The maximum absolute atomic E-state index is 13.5. The number of nitrogens with two attached hydrogens (primary N) is 1. The lowest BCUT2D eigenvalue weighted by Gasteiger charge is -2.44. The number of para-hydroxylation sites is 1. The van der Waals surface area contributed by atoms with Crippen LogP contribution in [-0.2, 0) is 14.3 Å². The lowest BCUT2D eigenvalue weighted by atomic mass is 9.69. The SMILES string of the molecule is CCOC(=O)C1=C(N)N(c2ccccc2)C2=C(C(=O)CC(C)(C)C2)[C@@H]1c1ccc(Br)s1. The zero-order chi connectivity index (χ0) is 22.3. The summed E-state index contributed by atoms with van der Waals surface area (Å²) < 4.78 is 6.34. The number of esters is 1. The molecule has 5 nitrogen and oxygen atoms in total. The molecule has 162 valence electrons. The molecular weight excluding hydrogens is 476 g/mol. The predicted octanol–water partition coefficient (Wildman–Crippen LogP) is 5.49. The van der Waals surface area contributed by atoms with E-state index in [2.05, 4.69) is 29.8 Å². The molecule has 31 heavy (non-hydrogen) atoms. The largest absolute Gasteiger partial charge is 0.463 e. The molecule has 2 aliphatic rings. The summed E-state index contributed by atoms with van der Waals surface area (Å²) in [7, 11) is 0. The van der Waals surface area contributed by atoms with Crippen molar-refractivity contribution in [1.82, 2.24) is 0 Å². The van der Waals surface area contributed by atoms with Gasteiger partial charge >= 0.3 is 5.97 Å².